The molecule has 0 aromatic carbocycles. The van der Waals surface area contributed by atoms with Crippen molar-refractivity contribution in [1.29, 1.82) is 0 Å². The fourth-order valence-electron chi connectivity index (χ4n) is 1.05. The van der Waals surface area contributed by atoms with Gasteiger partial charge in [0.1, 0.15) is 6.54 Å². The summed E-state index contributed by atoms with van der Waals surface area (Å²) in [5, 5.41) is 14.4. The van der Waals surface area contributed by atoms with Gasteiger partial charge in [0, 0.05) is 0 Å². The first-order valence-electron chi connectivity index (χ1n) is 4.35. The van der Waals surface area contributed by atoms with Crippen LogP contribution in [0.2, 0.25) is 0 Å². The van der Waals surface area contributed by atoms with Gasteiger partial charge in [-0.3, -0.25) is 9.59 Å². The molecule has 0 aliphatic carbocycles. The molecule has 0 fully saturated rings. The maximum absolute atomic E-state index is 11.3. The zero-order valence-corrected chi connectivity index (χ0v) is 8.79. The minimum atomic E-state index is -1.08. The molecule has 0 saturated carbocycles. The van der Waals surface area contributed by atoms with Gasteiger partial charge in [0.15, 0.2) is 0 Å². The topological polar surface area (TPSA) is 92.4 Å². The number of thiophene rings is 1. The van der Waals surface area contributed by atoms with Crippen molar-refractivity contribution in [2.45, 2.75) is 12.5 Å². The molecule has 1 atom stereocenters. The molecular weight excluding hydrogens is 216 g/mol. The van der Waals surface area contributed by atoms with E-state index in [1.54, 1.807) is 0 Å². The Hall–Kier alpha value is -1.40. The maximum Gasteiger partial charge on any atom is 0.322 e. The Morgan fingerprint density at radius 1 is 1.60 bits per heavy atom. The van der Waals surface area contributed by atoms with E-state index in [4.69, 9.17) is 10.8 Å². The lowest BCUT2D eigenvalue weighted by Crippen LogP contribution is -2.43. The highest BCUT2D eigenvalue weighted by Gasteiger charge is 2.14. The lowest BCUT2D eigenvalue weighted by molar-refractivity contribution is -0.138. The number of carboxylic acids is 1. The third-order valence-electron chi connectivity index (χ3n) is 1.79. The Bertz CT molecular complexity index is 337. The van der Waals surface area contributed by atoms with Gasteiger partial charge in [-0.2, -0.15) is 11.3 Å². The van der Waals surface area contributed by atoms with Gasteiger partial charge < -0.3 is 16.2 Å². The average Bonchev–Trinajstić information content (AvgIpc) is 2.66. The molecule has 82 valence electrons. The first kappa shape index (κ1) is 11.7. The molecule has 4 N–H and O–H groups in total. The minimum Gasteiger partial charge on any atom is -0.480 e. The van der Waals surface area contributed by atoms with Gasteiger partial charge in [-0.15, -0.1) is 0 Å². The highest BCUT2D eigenvalue weighted by molar-refractivity contribution is 7.07. The summed E-state index contributed by atoms with van der Waals surface area (Å²) in [5.74, 6) is -1.52. The van der Waals surface area contributed by atoms with Crippen molar-refractivity contribution in [2.75, 3.05) is 6.54 Å². The highest BCUT2D eigenvalue weighted by Crippen LogP contribution is 2.07. The number of hydrogen-bond acceptors (Lipinski definition) is 4. The molecule has 0 bridgehead atoms. The van der Waals surface area contributed by atoms with Crippen molar-refractivity contribution in [1.82, 2.24) is 5.32 Å². The smallest absolute Gasteiger partial charge is 0.322 e. The number of carboxylic acid groups (broad SMARTS) is 1. The predicted octanol–water partition coefficient (Wildman–Crippen LogP) is -0.181. The highest BCUT2D eigenvalue weighted by atomic mass is 32.1. The van der Waals surface area contributed by atoms with Gasteiger partial charge in [0.25, 0.3) is 0 Å². The summed E-state index contributed by atoms with van der Waals surface area (Å²) >= 11 is 1.53. The summed E-state index contributed by atoms with van der Waals surface area (Å²) in [7, 11) is 0. The van der Waals surface area contributed by atoms with E-state index in [0.29, 0.717) is 6.42 Å². The Labute approximate surface area is 90.9 Å². The second-order valence-electron chi connectivity index (χ2n) is 3.05. The molecule has 0 radical (unpaired) electrons. The molecule has 1 unspecified atom stereocenters. The third-order valence-corrected chi connectivity index (χ3v) is 2.52. The van der Waals surface area contributed by atoms with E-state index in [1.807, 2.05) is 16.8 Å². The quantitative estimate of drug-likeness (QED) is 0.651. The number of carbonyl (C=O) groups excluding carboxylic acids is 1. The predicted molar refractivity (Wildman–Crippen MR) is 56.6 cm³/mol. The number of hydrogen-bond donors (Lipinski definition) is 3. The number of nitrogens with two attached hydrogens (primary N) is 1. The normalized spacial score (nSPS) is 12.1. The molecule has 1 amide bonds. The van der Waals surface area contributed by atoms with E-state index in [9.17, 15) is 9.59 Å². The van der Waals surface area contributed by atoms with Gasteiger partial charge in [0.05, 0.1) is 6.04 Å². The maximum atomic E-state index is 11.3. The van der Waals surface area contributed by atoms with Crippen molar-refractivity contribution in [2.24, 2.45) is 5.73 Å². The van der Waals surface area contributed by atoms with Gasteiger partial charge in [-0.25, -0.2) is 0 Å². The van der Waals surface area contributed by atoms with E-state index in [-0.39, 0.29) is 0 Å². The third kappa shape index (κ3) is 4.09. The second-order valence-corrected chi connectivity index (χ2v) is 3.83. The second kappa shape index (κ2) is 5.47. The van der Waals surface area contributed by atoms with Crippen molar-refractivity contribution >= 4 is 23.2 Å². The molecule has 1 heterocycles. The fourth-order valence-corrected chi connectivity index (χ4v) is 1.73. The lowest BCUT2D eigenvalue weighted by atomic mass is 10.1. The molecule has 0 saturated heterocycles. The average molecular weight is 228 g/mol. The molecule has 6 heteroatoms. The fraction of sp³-hybridized carbons (Fsp3) is 0.333. The van der Waals surface area contributed by atoms with Crippen LogP contribution in [0.1, 0.15) is 5.56 Å². The van der Waals surface area contributed by atoms with Crippen LogP contribution in [0.15, 0.2) is 16.8 Å². The van der Waals surface area contributed by atoms with Crippen LogP contribution in [-0.4, -0.2) is 29.6 Å². The Morgan fingerprint density at radius 2 is 2.33 bits per heavy atom. The molecule has 0 aliphatic rings. The van der Waals surface area contributed by atoms with Gasteiger partial charge in [-0.05, 0) is 28.8 Å². The molecule has 15 heavy (non-hydrogen) atoms. The van der Waals surface area contributed by atoms with Gasteiger partial charge >= 0.3 is 5.97 Å². The van der Waals surface area contributed by atoms with Crippen LogP contribution in [0.3, 0.4) is 0 Å². The Balaban J connectivity index is 2.36. The molecule has 1 rings (SSSR count). The van der Waals surface area contributed by atoms with Crippen LogP contribution in [0.25, 0.3) is 0 Å². The Kier molecular flexibility index (Phi) is 4.26. The molecule has 5 nitrogen and oxygen atoms in total. The first-order valence-corrected chi connectivity index (χ1v) is 5.30. The van der Waals surface area contributed by atoms with Crippen molar-refractivity contribution in [3.05, 3.63) is 22.4 Å². The van der Waals surface area contributed by atoms with Crippen molar-refractivity contribution in [3.63, 3.8) is 0 Å². The SMILES string of the molecule is NC(Cc1ccsc1)C(=O)NCC(=O)O. The van der Waals surface area contributed by atoms with Crippen LogP contribution in [0.5, 0.6) is 0 Å². The summed E-state index contributed by atoms with van der Waals surface area (Å²) in [4.78, 5) is 21.5. The van der Waals surface area contributed by atoms with Crippen LogP contribution in [-0.2, 0) is 16.0 Å². The van der Waals surface area contributed by atoms with E-state index in [2.05, 4.69) is 5.32 Å². The van der Waals surface area contributed by atoms with Crippen LogP contribution in [0.4, 0.5) is 0 Å². The van der Waals surface area contributed by atoms with Crippen LogP contribution < -0.4 is 11.1 Å². The molecule has 0 spiro atoms. The summed E-state index contributed by atoms with van der Waals surface area (Å²) in [6.45, 7) is -0.393. The lowest BCUT2D eigenvalue weighted by Gasteiger charge is -2.09. The van der Waals surface area contributed by atoms with Crippen LogP contribution >= 0.6 is 11.3 Å². The zero-order chi connectivity index (χ0) is 11.3. The minimum absolute atomic E-state index is 0.393. The van der Waals surface area contributed by atoms with Crippen molar-refractivity contribution < 1.29 is 14.7 Å². The monoisotopic (exact) mass is 228 g/mol. The largest absolute Gasteiger partial charge is 0.480 e. The zero-order valence-electron chi connectivity index (χ0n) is 7.97. The van der Waals surface area contributed by atoms with Gasteiger partial charge in [0.2, 0.25) is 5.91 Å². The van der Waals surface area contributed by atoms with E-state index in [1.165, 1.54) is 11.3 Å². The Morgan fingerprint density at radius 3 is 2.87 bits per heavy atom. The molecule has 1 aromatic rings. The summed E-state index contributed by atoms with van der Waals surface area (Å²) in [6.07, 6.45) is 0.426. The van der Waals surface area contributed by atoms with Gasteiger partial charge in [-0.1, -0.05) is 0 Å². The summed E-state index contributed by atoms with van der Waals surface area (Å²) in [5.41, 5.74) is 6.58. The molecule has 1 aromatic heterocycles. The van der Waals surface area contributed by atoms with Crippen molar-refractivity contribution in [3.8, 4) is 0 Å². The summed E-state index contributed by atoms with van der Waals surface area (Å²) < 4.78 is 0. The van der Waals surface area contributed by atoms with Crippen LogP contribution in [0, 0.1) is 0 Å². The number of amides is 1. The van der Waals surface area contributed by atoms with E-state index >= 15 is 0 Å². The standard InChI is InChI=1S/C9H12N2O3S/c10-7(3-6-1-2-15-5-6)9(14)11-4-8(12)13/h1-2,5,7H,3-4,10H2,(H,11,14)(H,12,13). The van der Waals surface area contributed by atoms with E-state index < -0.39 is 24.5 Å². The number of nitrogens with one attached hydrogen (secondary N) is 1. The molecular formula is C9H12N2O3S. The summed E-state index contributed by atoms with van der Waals surface area (Å²) in [6, 6.07) is 1.19. The first-order chi connectivity index (χ1) is 7.09. The number of aliphatic carboxylic acids is 1. The number of carbonyl (C=O) groups is 2. The molecule has 0 aliphatic heterocycles. The number of rotatable bonds is 5. The van der Waals surface area contributed by atoms with E-state index in [0.717, 1.165) is 5.56 Å².